The van der Waals surface area contributed by atoms with E-state index in [-0.39, 0.29) is 4.90 Å². The molecule has 5 heteroatoms. The predicted octanol–water partition coefficient (Wildman–Crippen LogP) is 7.23. The van der Waals surface area contributed by atoms with Gasteiger partial charge in [-0.25, -0.2) is 12.4 Å². The van der Waals surface area contributed by atoms with Gasteiger partial charge in [-0.15, -0.1) is 0 Å². The van der Waals surface area contributed by atoms with Crippen molar-refractivity contribution in [1.82, 2.24) is 8.96 Å². The molecule has 0 saturated heterocycles. The van der Waals surface area contributed by atoms with Crippen molar-refractivity contribution in [3.8, 4) is 11.1 Å². The van der Waals surface area contributed by atoms with Crippen LogP contribution in [0.3, 0.4) is 0 Å². The largest absolute Gasteiger partial charge is 0.268 e. The maximum Gasteiger partial charge on any atom is 0.268 e. The molecule has 0 fully saturated rings. The van der Waals surface area contributed by atoms with Crippen LogP contribution in [0.1, 0.15) is 36.6 Å². The summed E-state index contributed by atoms with van der Waals surface area (Å²) in [5.41, 5.74) is 5.98. The van der Waals surface area contributed by atoms with Crippen molar-refractivity contribution in [2.24, 2.45) is 0 Å². The molecule has 5 rings (SSSR count). The number of nitrogens with zero attached hydrogens (tertiary/aromatic N) is 2. The molecule has 0 amide bonds. The molecule has 0 N–H and O–H groups in total. The van der Waals surface area contributed by atoms with Crippen molar-refractivity contribution < 1.29 is 8.42 Å². The molecular formula is C30H26N2O2S. The summed E-state index contributed by atoms with van der Waals surface area (Å²) >= 11 is 0. The summed E-state index contributed by atoms with van der Waals surface area (Å²) in [6.07, 6.45) is 7.18. The maximum atomic E-state index is 13.1. The Morgan fingerprint density at radius 1 is 0.829 bits per heavy atom. The van der Waals surface area contributed by atoms with Crippen LogP contribution in [0.25, 0.3) is 34.2 Å². The summed E-state index contributed by atoms with van der Waals surface area (Å²) in [6.45, 7) is 4.39. The summed E-state index contributed by atoms with van der Waals surface area (Å²) in [5, 5.41) is 1.12. The summed E-state index contributed by atoms with van der Waals surface area (Å²) in [5.74, 6) is 0.404. The van der Waals surface area contributed by atoms with Gasteiger partial charge in [-0.3, -0.25) is 4.98 Å². The van der Waals surface area contributed by atoms with Gasteiger partial charge in [0.2, 0.25) is 0 Å². The molecule has 0 unspecified atom stereocenters. The van der Waals surface area contributed by atoms with E-state index >= 15 is 0 Å². The van der Waals surface area contributed by atoms with Crippen molar-refractivity contribution in [2.45, 2.75) is 24.7 Å². The van der Waals surface area contributed by atoms with E-state index in [1.165, 1.54) is 9.54 Å². The summed E-state index contributed by atoms with van der Waals surface area (Å²) in [7, 11) is -3.66. The molecule has 5 aromatic rings. The van der Waals surface area contributed by atoms with Gasteiger partial charge in [0.05, 0.1) is 16.1 Å². The monoisotopic (exact) mass is 478 g/mol. The van der Waals surface area contributed by atoms with Crippen LogP contribution in [0.5, 0.6) is 0 Å². The summed E-state index contributed by atoms with van der Waals surface area (Å²) < 4.78 is 27.5. The lowest BCUT2D eigenvalue weighted by Crippen LogP contribution is -2.13. The van der Waals surface area contributed by atoms with Gasteiger partial charge in [-0.2, -0.15) is 0 Å². The zero-order chi connectivity index (χ0) is 24.4. The topological polar surface area (TPSA) is 52.0 Å². The average Bonchev–Trinajstić information content (AvgIpc) is 3.37. The number of benzene rings is 3. The van der Waals surface area contributed by atoms with Crippen molar-refractivity contribution in [1.29, 1.82) is 0 Å². The van der Waals surface area contributed by atoms with Gasteiger partial charge in [-0.05, 0) is 77.2 Å². The van der Waals surface area contributed by atoms with Crippen LogP contribution in [0.15, 0.2) is 108 Å². The number of pyridine rings is 1. The van der Waals surface area contributed by atoms with Crippen LogP contribution in [0.2, 0.25) is 0 Å². The van der Waals surface area contributed by atoms with Gasteiger partial charge in [0.15, 0.2) is 0 Å². The molecule has 174 valence electrons. The third-order valence-electron chi connectivity index (χ3n) is 6.08. The van der Waals surface area contributed by atoms with Crippen LogP contribution in [-0.4, -0.2) is 17.4 Å². The molecule has 0 radical (unpaired) electrons. The lowest BCUT2D eigenvalue weighted by Gasteiger charge is -2.13. The Hall–Kier alpha value is -3.96. The van der Waals surface area contributed by atoms with Gasteiger partial charge >= 0.3 is 0 Å². The molecule has 0 aliphatic carbocycles. The van der Waals surface area contributed by atoms with Crippen molar-refractivity contribution in [3.63, 3.8) is 0 Å². The number of hydrogen-bond acceptors (Lipinski definition) is 3. The molecule has 0 bridgehead atoms. The molecule has 0 spiro atoms. The number of rotatable bonds is 6. The second-order valence-electron chi connectivity index (χ2n) is 8.80. The van der Waals surface area contributed by atoms with E-state index in [0.29, 0.717) is 11.6 Å². The van der Waals surface area contributed by atoms with E-state index in [1.807, 2.05) is 36.5 Å². The molecule has 35 heavy (non-hydrogen) atoms. The molecule has 2 aromatic heterocycles. The quantitative estimate of drug-likeness (QED) is 0.259. The fraction of sp³-hybridized carbons (Fsp3) is 0.100. The smallest absolute Gasteiger partial charge is 0.256 e. The van der Waals surface area contributed by atoms with Crippen molar-refractivity contribution in [3.05, 3.63) is 120 Å². The minimum Gasteiger partial charge on any atom is -0.256 e. The highest BCUT2D eigenvalue weighted by Crippen LogP contribution is 2.32. The van der Waals surface area contributed by atoms with Gasteiger partial charge in [-0.1, -0.05) is 62.4 Å². The Balaban J connectivity index is 1.52. The zero-order valence-electron chi connectivity index (χ0n) is 19.7. The summed E-state index contributed by atoms with van der Waals surface area (Å²) in [4.78, 5) is 4.92. The first kappa shape index (κ1) is 22.8. The Bertz CT molecular complexity index is 1630. The van der Waals surface area contributed by atoms with Crippen LogP contribution in [0.4, 0.5) is 0 Å². The fourth-order valence-electron chi connectivity index (χ4n) is 4.19. The first-order valence-electron chi connectivity index (χ1n) is 11.6. The van der Waals surface area contributed by atoms with E-state index in [0.717, 1.165) is 27.6 Å². The van der Waals surface area contributed by atoms with Crippen molar-refractivity contribution in [2.75, 3.05) is 0 Å². The van der Waals surface area contributed by atoms with Gasteiger partial charge < -0.3 is 0 Å². The number of fused-ring (bicyclic) bond motifs is 1. The fourth-order valence-corrected chi connectivity index (χ4v) is 5.55. The molecule has 0 atom stereocenters. The van der Waals surface area contributed by atoms with E-state index in [2.05, 4.69) is 49.2 Å². The Morgan fingerprint density at radius 2 is 1.66 bits per heavy atom. The van der Waals surface area contributed by atoms with Crippen LogP contribution in [-0.2, 0) is 10.0 Å². The Morgan fingerprint density at radius 3 is 2.46 bits per heavy atom. The highest BCUT2D eigenvalue weighted by molar-refractivity contribution is 7.90. The molecule has 4 nitrogen and oxygen atoms in total. The summed E-state index contributed by atoms with van der Waals surface area (Å²) in [6, 6.07) is 28.7. The average molecular weight is 479 g/mol. The minimum atomic E-state index is -3.66. The van der Waals surface area contributed by atoms with Crippen LogP contribution < -0.4 is 0 Å². The van der Waals surface area contributed by atoms with E-state index < -0.39 is 10.0 Å². The SMILES string of the molecule is CC(C)c1cc(-c2cccc(C=Cc3cccn3S(=O)(=O)c3ccccc3)c2)c2ncccc2c1. The highest BCUT2D eigenvalue weighted by atomic mass is 32.2. The molecular weight excluding hydrogens is 452 g/mol. The normalized spacial score (nSPS) is 12.1. The van der Waals surface area contributed by atoms with E-state index in [1.54, 1.807) is 48.7 Å². The molecule has 0 aliphatic heterocycles. The lowest BCUT2D eigenvalue weighted by molar-refractivity contribution is 0.587. The van der Waals surface area contributed by atoms with Gasteiger partial charge in [0.1, 0.15) is 0 Å². The van der Waals surface area contributed by atoms with E-state index in [9.17, 15) is 8.42 Å². The van der Waals surface area contributed by atoms with Crippen LogP contribution in [0, 0.1) is 0 Å². The molecule has 0 aliphatic rings. The molecule has 0 saturated carbocycles. The van der Waals surface area contributed by atoms with Gasteiger partial charge in [0.25, 0.3) is 10.0 Å². The lowest BCUT2D eigenvalue weighted by atomic mass is 9.93. The predicted molar refractivity (Wildman–Crippen MR) is 144 cm³/mol. The molecule has 3 aromatic carbocycles. The van der Waals surface area contributed by atoms with Crippen molar-refractivity contribution >= 4 is 33.1 Å². The van der Waals surface area contributed by atoms with Crippen LogP contribution >= 0.6 is 0 Å². The third kappa shape index (κ3) is 4.55. The van der Waals surface area contributed by atoms with Gasteiger partial charge in [0, 0.05) is 23.3 Å². The van der Waals surface area contributed by atoms with E-state index in [4.69, 9.17) is 0 Å². The maximum absolute atomic E-state index is 13.1. The second kappa shape index (κ2) is 9.35. The minimum absolute atomic E-state index is 0.261. The first-order chi connectivity index (χ1) is 16.9. The first-order valence-corrected chi connectivity index (χ1v) is 13.0. The Kier molecular flexibility index (Phi) is 6.10. The number of aromatic nitrogens is 2. The zero-order valence-corrected chi connectivity index (χ0v) is 20.5. The number of hydrogen-bond donors (Lipinski definition) is 0. The third-order valence-corrected chi connectivity index (χ3v) is 7.80. The highest BCUT2D eigenvalue weighted by Gasteiger charge is 2.17. The molecule has 2 heterocycles. The second-order valence-corrected chi connectivity index (χ2v) is 10.6. The Labute approximate surface area is 206 Å². The standard InChI is InChI=1S/C30H26N2O2S/c1-22(2)26-20-25-11-7-17-31-30(25)29(21-26)24-10-6-9-23(19-24)15-16-27-12-8-18-32(27)35(33,34)28-13-4-3-5-14-28/h3-22H,1-2H3.